The van der Waals surface area contributed by atoms with Gasteiger partial charge in [0, 0.05) is 0 Å². The number of benzene rings is 2. The molecule has 1 N–H and O–H groups in total. The third-order valence-electron chi connectivity index (χ3n) is 4.37. The summed E-state index contributed by atoms with van der Waals surface area (Å²) in [7, 11) is 1.45. The molecule has 1 heterocycles. The van der Waals surface area contributed by atoms with Crippen molar-refractivity contribution in [2.24, 2.45) is 0 Å². The second-order valence-corrected chi connectivity index (χ2v) is 7.27. The first-order valence-corrected chi connectivity index (χ1v) is 10.3. The van der Waals surface area contributed by atoms with Gasteiger partial charge in [0.05, 0.1) is 23.9 Å². The molecule has 0 aliphatic carbocycles. The van der Waals surface area contributed by atoms with Crippen LogP contribution >= 0.6 is 15.9 Å². The number of hydrogen-bond acceptors (Lipinski definition) is 6. The van der Waals surface area contributed by atoms with E-state index in [0.29, 0.717) is 39.6 Å². The van der Waals surface area contributed by atoms with Gasteiger partial charge in [0.15, 0.2) is 11.5 Å². The van der Waals surface area contributed by atoms with Gasteiger partial charge in [-0.05, 0) is 70.9 Å². The van der Waals surface area contributed by atoms with Crippen molar-refractivity contribution < 1.29 is 28.6 Å². The summed E-state index contributed by atoms with van der Waals surface area (Å²) in [6.45, 7) is 2.37. The summed E-state index contributed by atoms with van der Waals surface area (Å²) in [5.41, 5.74) is 0.553. The number of rotatable bonds is 7. The van der Waals surface area contributed by atoms with E-state index in [1.807, 2.05) is 6.92 Å². The molecule has 0 spiro atoms. The highest BCUT2D eigenvalue weighted by molar-refractivity contribution is 9.10. The van der Waals surface area contributed by atoms with E-state index in [1.54, 1.807) is 36.4 Å². The topological polar surface area (TPSA) is 94.2 Å². The smallest absolute Gasteiger partial charge is 0.335 e. The molecule has 32 heavy (non-hydrogen) atoms. The number of hydrogen-bond donors (Lipinski definition) is 1. The number of urea groups is 1. The van der Waals surface area contributed by atoms with Crippen molar-refractivity contribution in [1.29, 1.82) is 0 Å². The first kappa shape index (κ1) is 22.9. The number of nitrogens with one attached hydrogen (secondary N) is 1. The predicted octanol–water partition coefficient (Wildman–Crippen LogP) is 3.53. The van der Waals surface area contributed by atoms with Gasteiger partial charge in [-0.1, -0.05) is 5.92 Å². The number of methoxy groups -OCH3 is 1. The van der Waals surface area contributed by atoms with Crippen LogP contribution in [0.5, 0.6) is 17.2 Å². The Morgan fingerprint density at radius 2 is 1.88 bits per heavy atom. The van der Waals surface area contributed by atoms with Crippen LogP contribution in [0.3, 0.4) is 0 Å². The minimum atomic E-state index is -0.835. The van der Waals surface area contributed by atoms with Crippen LogP contribution in [0.4, 0.5) is 10.5 Å². The van der Waals surface area contributed by atoms with Crippen molar-refractivity contribution >= 4 is 45.5 Å². The van der Waals surface area contributed by atoms with E-state index in [2.05, 4.69) is 27.2 Å². The molecule has 1 aliphatic heterocycles. The lowest BCUT2D eigenvalue weighted by atomic mass is 10.1. The summed E-state index contributed by atoms with van der Waals surface area (Å²) in [5.74, 6) is 2.14. The second kappa shape index (κ2) is 10.0. The number of amides is 4. The molecule has 0 saturated carbocycles. The van der Waals surface area contributed by atoms with Crippen LogP contribution in [0, 0.1) is 12.3 Å². The zero-order valence-electron chi connectivity index (χ0n) is 17.3. The van der Waals surface area contributed by atoms with E-state index < -0.39 is 17.8 Å². The fourth-order valence-corrected chi connectivity index (χ4v) is 3.57. The van der Waals surface area contributed by atoms with Crippen molar-refractivity contribution in [2.45, 2.75) is 6.92 Å². The second-order valence-electron chi connectivity index (χ2n) is 6.41. The number of carbonyl (C=O) groups is 3. The Bertz CT molecular complexity index is 1130. The molecule has 8 nitrogen and oxygen atoms in total. The van der Waals surface area contributed by atoms with Crippen molar-refractivity contribution in [3.05, 3.63) is 52.0 Å². The fourth-order valence-electron chi connectivity index (χ4n) is 2.99. The minimum absolute atomic E-state index is 0.0371. The lowest BCUT2D eigenvalue weighted by Crippen LogP contribution is -2.54. The van der Waals surface area contributed by atoms with E-state index in [0.717, 1.165) is 4.90 Å². The molecule has 9 heteroatoms. The number of ether oxygens (including phenoxy) is 3. The van der Waals surface area contributed by atoms with Gasteiger partial charge in [0.25, 0.3) is 11.8 Å². The SMILES string of the molecule is C#CCOc1c(Br)cc(/C=C2\C(=O)NC(=O)N(c3ccc(OCC)cc3)C2=O)cc1OC. The molecule has 1 saturated heterocycles. The normalized spacial score (nSPS) is 14.8. The minimum Gasteiger partial charge on any atom is -0.494 e. The Morgan fingerprint density at radius 3 is 2.50 bits per heavy atom. The Labute approximate surface area is 193 Å². The maximum Gasteiger partial charge on any atom is 0.335 e. The molecule has 2 aromatic rings. The zero-order chi connectivity index (χ0) is 23.3. The van der Waals surface area contributed by atoms with Gasteiger partial charge >= 0.3 is 6.03 Å². The monoisotopic (exact) mass is 498 g/mol. The Morgan fingerprint density at radius 1 is 1.16 bits per heavy atom. The zero-order valence-corrected chi connectivity index (χ0v) is 18.9. The summed E-state index contributed by atoms with van der Waals surface area (Å²) in [4.78, 5) is 38.8. The highest BCUT2D eigenvalue weighted by Crippen LogP contribution is 2.37. The van der Waals surface area contributed by atoms with Crippen molar-refractivity contribution in [2.75, 3.05) is 25.2 Å². The maximum absolute atomic E-state index is 13.1. The standard InChI is InChI=1S/C23H19BrN2O6/c1-4-10-32-20-18(24)12-14(13-19(20)30-3)11-17-21(27)25-23(29)26(22(17)28)15-6-8-16(9-7-15)31-5-2/h1,6-9,11-13H,5,10H2,2-3H3,(H,25,27,29)/b17-11+. The van der Waals surface area contributed by atoms with Gasteiger partial charge in [0.1, 0.15) is 17.9 Å². The molecule has 0 unspecified atom stereocenters. The summed E-state index contributed by atoms with van der Waals surface area (Å²) in [6.07, 6.45) is 6.60. The molecule has 0 bridgehead atoms. The van der Waals surface area contributed by atoms with Crippen LogP contribution < -0.4 is 24.4 Å². The van der Waals surface area contributed by atoms with Gasteiger partial charge in [-0.3, -0.25) is 14.9 Å². The van der Waals surface area contributed by atoms with E-state index in [9.17, 15) is 14.4 Å². The summed E-state index contributed by atoms with van der Waals surface area (Å²) >= 11 is 3.38. The maximum atomic E-state index is 13.1. The molecule has 4 amide bonds. The highest BCUT2D eigenvalue weighted by Gasteiger charge is 2.36. The van der Waals surface area contributed by atoms with Crippen molar-refractivity contribution in [3.8, 4) is 29.6 Å². The van der Waals surface area contributed by atoms with E-state index in [1.165, 1.54) is 13.2 Å². The van der Waals surface area contributed by atoms with Gasteiger partial charge in [-0.15, -0.1) is 6.42 Å². The third-order valence-corrected chi connectivity index (χ3v) is 4.96. The Kier molecular flexibility index (Phi) is 7.18. The number of terminal acetylenes is 1. The van der Waals surface area contributed by atoms with Gasteiger partial charge < -0.3 is 14.2 Å². The first-order valence-electron chi connectivity index (χ1n) is 9.47. The molecule has 3 rings (SSSR count). The van der Waals surface area contributed by atoms with Crippen LogP contribution in [0.1, 0.15) is 12.5 Å². The Balaban J connectivity index is 1.97. The van der Waals surface area contributed by atoms with Crippen LogP contribution in [0.15, 0.2) is 46.4 Å². The molecule has 1 fully saturated rings. The number of barbiturate groups is 1. The fraction of sp³-hybridized carbons (Fsp3) is 0.174. The van der Waals surface area contributed by atoms with Crippen LogP contribution in [-0.4, -0.2) is 38.2 Å². The summed E-state index contributed by atoms with van der Waals surface area (Å²) < 4.78 is 16.7. The van der Waals surface area contributed by atoms with Crippen molar-refractivity contribution in [1.82, 2.24) is 5.32 Å². The number of halogens is 1. The molecular formula is C23H19BrN2O6. The number of imide groups is 2. The first-order chi connectivity index (χ1) is 15.4. The lowest BCUT2D eigenvalue weighted by molar-refractivity contribution is -0.122. The van der Waals surface area contributed by atoms with Gasteiger partial charge in [0.2, 0.25) is 0 Å². The largest absolute Gasteiger partial charge is 0.494 e. The molecular weight excluding hydrogens is 480 g/mol. The third kappa shape index (κ3) is 4.76. The molecule has 0 atom stereocenters. The van der Waals surface area contributed by atoms with E-state index >= 15 is 0 Å². The lowest BCUT2D eigenvalue weighted by Gasteiger charge is -2.26. The van der Waals surface area contributed by atoms with Gasteiger partial charge in [-0.2, -0.15) is 0 Å². The molecule has 164 valence electrons. The van der Waals surface area contributed by atoms with Crippen molar-refractivity contribution in [3.63, 3.8) is 0 Å². The molecule has 0 aromatic heterocycles. The average Bonchev–Trinajstić information content (AvgIpc) is 2.76. The molecule has 1 aliphatic rings. The number of anilines is 1. The summed E-state index contributed by atoms with van der Waals surface area (Å²) in [6, 6.07) is 8.78. The van der Waals surface area contributed by atoms with E-state index in [-0.39, 0.29) is 12.2 Å². The molecule has 0 radical (unpaired) electrons. The molecule has 2 aromatic carbocycles. The van der Waals surface area contributed by atoms with Crippen LogP contribution in [-0.2, 0) is 9.59 Å². The number of carbonyl (C=O) groups excluding carboxylic acids is 3. The Hall–Kier alpha value is -3.77. The number of nitrogens with zero attached hydrogens (tertiary/aromatic N) is 1. The van der Waals surface area contributed by atoms with Gasteiger partial charge in [-0.25, -0.2) is 9.69 Å². The average molecular weight is 499 g/mol. The quantitative estimate of drug-likeness (QED) is 0.356. The van der Waals surface area contributed by atoms with Crippen LogP contribution in [0.25, 0.3) is 6.08 Å². The summed E-state index contributed by atoms with van der Waals surface area (Å²) in [5, 5.41) is 2.19. The van der Waals surface area contributed by atoms with E-state index in [4.69, 9.17) is 20.6 Å². The highest BCUT2D eigenvalue weighted by atomic mass is 79.9. The van der Waals surface area contributed by atoms with Crippen LogP contribution in [0.2, 0.25) is 0 Å². The predicted molar refractivity (Wildman–Crippen MR) is 122 cm³/mol.